The highest BCUT2D eigenvalue weighted by atomic mass is 16.5. The predicted molar refractivity (Wildman–Crippen MR) is 80.7 cm³/mol. The van der Waals surface area contributed by atoms with E-state index in [1.807, 2.05) is 6.08 Å². The summed E-state index contributed by atoms with van der Waals surface area (Å²) in [5.41, 5.74) is 3.73. The molecule has 0 aliphatic carbocycles. The average Bonchev–Trinajstić information content (AvgIpc) is 2.33. The van der Waals surface area contributed by atoms with Crippen molar-refractivity contribution < 1.29 is 4.74 Å². The van der Waals surface area contributed by atoms with Gasteiger partial charge in [-0.3, -0.25) is 4.48 Å². The van der Waals surface area contributed by atoms with E-state index in [1.54, 1.807) is 0 Å². The molecule has 0 saturated carbocycles. The van der Waals surface area contributed by atoms with Crippen molar-refractivity contribution in [1.82, 2.24) is 4.48 Å². The molecule has 0 amide bonds. The van der Waals surface area contributed by atoms with E-state index in [9.17, 15) is 0 Å². The number of rotatable bonds is 7. The molecule has 2 nitrogen and oxygen atoms in total. The van der Waals surface area contributed by atoms with E-state index >= 15 is 0 Å². The summed E-state index contributed by atoms with van der Waals surface area (Å²) in [7, 11) is 6.53. The zero-order chi connectivity index (χ0) is 13.6. The van der Waals surface area contributed by atoms with Crippen molar-refractivity contribution >= 4 is 11.8 Å². The predicted octanol–water partition coefficient (Wildman–Crippen LogP) is 3.84. The Kier molecular flexibility index (Phi) is 5.57. The third-order valence-corrected chi connectivity index (χ3v) is 2.97. The smallest absolute Gasteiger partial charge is 0.138 e. The highest BCUT2D eigenvalue weighted by Gasteiger charge is 2.17. The Morgan fingerprint density at radius 3 is 2.56 bits per heavy atom. The topological polar surface area (TPSA) is 9.23 Å². The lowest BCUT2D eigenvalue weighted by Gasteiger charge is -2.26. The van der Waals surface area contributed by atoms with E-state index in [1.165, 1.54) is 17.7 Å². The van der Waals surface area contributed by atoms with Crippen LogP contribution < -0.4 is 4.48 Å². The van der Waals surface area contributed by atoms with Crippen molar-refractivity contribution in [2.45, 2.75) is 26.4 Å². The Hall–Kier alpha value is -1.12. The van der Waals surface area contributed by atoms with Gasteiger partial charge in [-0.1, -0.05) is 38.1 Å². The standard InChI is InChI=1S/C16H26NO/c1-6-8-11-18-13-15-10-9-14(7-2)12-16(15)17(3,4)5/h7,9-10,12H,2,6,8,11,13H2,1,3-5H3/q+1. The fraction of sp³-hybridized carbons (Fsp3) is 0.500. The van der Waals surface area contributed by atoms with Crippen LogP contribution in [0, 0.1) is 0 Å². The molecule has 0 bridgehead atoms. The number of benzene rings is 1. The van der Waals surface area contributed by atoms with E-state index in [2.05, 4.69) is 52.8 Å². The first kappa shape index (κ1) is 14.9. The molecule has 100 valence electrons. The summed E-state index contributed by atoms with van der Waals surface area (Å²) in [5, 5.41) is 0. The molecule has 0 saturated heterocycles. The van der Waals surface area contributed by atoms with Gasteiger partial charge in [-0.05, 0) is 12.0 Å². The van der Waals surface area contributed by atoms with Crippen LogP contribution in [0.1, 0.15) is 30.9 Å². The minimum Gasteiger partial charge on any atom is -0.377 e. The summed E-state index contributed by atoms with van der Waals surface area (Å²) < 4.78 is 6.53. The van der Waals surface area contributed by atoms with Crippen LogP contribution in [0.5, 0.6) is 0 Å². The first-order valence-electron chi connectivity index (χ1n) is 6.64. The van der Waals surface area contributed by atoms with Gasteiger partial charge in [0.1, 0.15) is 5.69 Å². The number of nitrogens with zero attached hydrogens (tertiary/aromatic N) is 1. The molecular weight excluding hydrogens is 222 g/mol. The molecule has 2 heteroatoms. The highest BCUT2D eigenvalue weighted by Crippen LogP contribution is 2.25. The zero-order valence-corrected chi connectivity index (χ0v) is 12.2. The number of hydrogen-bond acceptors (Lipinski definition) is 1. The lowest BCUT2D eigenvalue weighted by atomic mass is 10.1. The van der Waals surface area contributed by atoms with Gasteiger partial charge < -0.3 is 4.74 Å². The molecule has 0 aromatic heterocycles. The molecule has 1 aromatic carbocycles. The van der Waals surface area contributed by atoms with E-state index in [0.29, 0.717) is 6.61 Å². The van der Waals surface area contributed by atoms with Crippen LogP contribution in [-0.2, 0) is 11.3 Å². The van der Waals surface area contributed by atoms with E-state index < -0.39 is 0 Å². The van der Waals surface area contributed by atoms with Crippen LogP contribution in [0.3, 0.4) is 0 Å². The van der Waals surface area contributed by atoms with Gasteiger partial charge in [0.15, 0.2) is 0 Å². The quantitative estimate of drug-likeness (QED) is 0.526. The van der Waals surface area contributed by atoms with Crippen LogP contribution in [0.15, 0.2) is 24.8 Å². The Balaban J connectivity index is 2.86. The summed E-state index contributed by atoms with van der Waals surface area (Å²) in [6, 6.07) is 6.46. The zero-order valence-electron chi connectivity index (χ0n) is 12.2. The van der Waals surface area contributed by atoms with Crippen molar-refractivity contribution in [3.8, 4) is 0 Å². The Morgan fingerprint density at radius 1 is 1.28 bits per heavy atom. The Labute approximate surface area is 111 Å². The summed E-state index contributed by atoms with van der Waals surface area (Å²) >= 11 is 0. The third kappa shape index (κ3) is 4.28. The van der Waals surface area contributed by atoms with Gasteiger partial charge in [0.25, 0.3) is 0 Å². The molecule has 0 spiro atoms. The second-order valence-electron chi connectivity index (χ2n) is 5.51. The fourth-order valence-corrected chi connectivity index (χ4v) is 1.88. The van der Waals surface area contributed by atoms with Crippen molar-refractivity contribution in [3.63, 3.8) is 0 Å². The molecule has 1 rings (SSSR count). The summed E-state index contributed by atoms with van der Waals surface area (Å²) in [6.45, 7) is 7.55. The number of ether oxygens (including phenoxy) is 1. The largest absolute Gasteiger partial charge is 0.377 e. The number of unbranched alkanes of at least 4 members (excludes halogenated alkanes) is 1. The molecule has 0 aliphatic rings. The Bertz CT molecular complexity index is 391. The van der Waals surface area contributed by atoms with Gasteiger partial charge in [0.05, 0.1) is 27.7 Å². The monoisotopic (exact) mass is 248 g/mol. The van der Waals surface area contributed by atoms with Gasteiger partial charge >= 0.3 is 0 Å². The maximum atomic E-state index is 5.73. The SMILES string of the molecule is C=Cc1ccc(COCCCC)c([N+](C)(C)C)c1. The summed E-state index contributed by atoms with van der Waals surface area (Å²) in [6.07, 6.45) is 4.20. The van der Waals surface area contributed by atoms with E-state index in [0.717, 1.165) is 23.1 Å². The molecule has 0 unspecified atom stereocenters. The molecule has 18 heavy (non-hydrogen) atoms. The lowest BCUT2D eigenvalue weighted by Crippen LogP contribution is -2.35. The second-order valence-corrected chi connectivity index (χ2v) is 5.51. The van der Waals surface area contributed by atoms with Crippen LogP contribution in [0.25, 0.3) is 6.08 Å². The molecule has 0 aliphatic heterocycles. The molecule has 0 radical (unpaired) electrons. The van der Waals surface area contributed by atoms with Gasteiger partial charge in [-0.2, -0.15) is 0 Å². The van der Waals surface area contributed by atoms with Gasteiger partial charge in [-0.25, -0.2) is 0 Å². The summed E-state index contributed by atoms with van der Waals surface area (Å²) in [5.74, 6) is 0. The van der Waals surface area contributed by atoms with E-state index in [4.69, 9.17) is 4.74 Å². The van der Waals surface area contributed by atoms with Gasteiger partial charge in [-0.15, -0.1) is 0 Å². The maximum absolute atomic E-state index is 5.73. The summed E-state index contributed by atoms with van der Waals surface area (Å²) in [4.78, 5) is 0. The van der Waals surface area contributed by atoms with E-state index in [-0.39, 0.29) is 0 Å². The van der Waals surface area contributed by atoms with Gasteiger partial charge in [0.2, 0.25) is 0 Å². The Morgan fingerprint density at radius 2 is 2.00 bits per heavy atom. The molecule has 0 N–H and O–H groups in total. The van der Waals surface area contributed by atoms with Crippen molar-refractivity contribution in [2.24, 2.45) is 0 Å². The fourth-order valence-electron chi connectivity index (χ4n) is 1.88. The first-order chi connectivity index (χ1) is 8.49. The lowest BCUT2D eigenvalue weighted by molar-refractivity contribution is 0.117. The number of hydrogen-bond donors (Lipinski definition) is 0. The molecule has 0 fully saturated rings. The first-order valence-corrected chi connectivity index (χ1v) is 6.64. The van der Waals surface area contributed by atoms with Crippen molar-refractivity contribution in [2.75, 3.05) is 27.7 Å². The van der Waals surface area contributed by atoms with Crippen molar-refractivity contribution in [3.05, 3.63) is 35.9 Å². The van der Waals surface area contributed by atoms with Crippen LogP contribution >= 0.6 is 0 Å². The maximum Gasteiger partial charge on any atom is 0.138 e. The molecular formula is C16H26NO+. The molecule has 0 heterocycles. The third-order valence-electron chi connectivity index (χ3n) is 2.97. The number of quaternary nitrogens is 1. The second kappa shape index (κ2) is 6.72. The van der Waals surface area contributed by atoms with Crippen LogP contribution in [0.2, 0.25) is 0 Å². The highest BCUT2D eigenvalue weighted by molar-refractivity contribution is 5.59. The minimum absolute atomic E-state index is 0.697. The molecule has 0 atom stereocenters. The normalized spacial score (nSPS) is 11.6. The van der Waals surface area contributed by atoms with Crippen molar-refractivity contribution in [1.29, 1.82) is 0 Å². The van der Waals surface area contributed by atoms with Gasteiger partial charge in [0, 0.05) is 18.2 Å². The minimum atomic E-state index is 0.697. The average molecular weight is 248 g/mol. The van der Waals surface area contributed by atoms with Crippen LogP contribution in [0.4, 0.5) is 5.69 Å². The van der Waals surface area contributed by atoms with Crippen LogP contribution in [-0.4, -0.2) is 27.7 Å². The molecule has 1 aromatic rings.